The largest absolute Gasteiger partial charge is 0.490 e. The molecule has 160 valence electrons. The Bertz CT molecular complexity index is 1070. The van der Waals surface area contributed by atoms with E-state index < -0.39 is 23.8 Å². The normalized spacial score (nSPS) is 14.4. The van der Waals surface area contributed by atoms with Crippen LogP contribution in [0.2, 0.25) is 0 Å². The van der Waals surface area contributed by atoms with E-state index in [-0.39, 0.29) is 11.3 Å². The highest BCUT2D eigenvalue weighted by Crippen LogP contribution is 2.30. The molecule has 3 rings (SSSR count). The monoisotopic (exact) mass is 424 g/mol. The summed E-state index contributed by atoms with van der Waals surface area (Å²) in [7, 11) is 1.27. The fourth-order valence-electron chi connectivity index (χ4n) is 2.89. The number of esters is 2. The number of rotatable bonds is 6. The summed E-state index contributed by atoms with van der Waals surface area (Å²) in [6, 6.07) is 10.7. The van der Waals surface area contributed by atoms with E-state index >= 15 is 0 Å². The van der Waals surface area contributed by atoms with Gasteiger partial charge in [-0.05, 0) is 55.0 Å². The van der Waals surface area contributed by atoms with Crippen LogP contribution in [0.25, 0.3) is 6.08 Å². The van der Waals surface area contributed by atoms with E-state index in [1.54, 1.807) is 19.1 Å². The average molecular weight is 424 g/mol. The number of carbonyl (C=O) groups is 4. The van der Waals surface area contributed by atoms with Crippen molar-refractivity contribution in [3.8, 4) is 11.5 Å². The predicted octanol–water partition coefficient (Wildman–Crippen LogP) is 2.26. The number of carbonyl (C=O) groups excluding carboxylic acids is 4. The second-order valence-corrected chi connectivity index (χ2v) is 6.41. The van der Waals surface area contributed by atoms with Gasteiger partial charge in [0.2, 0.25) is 0 Å². The molecule has 0 aliphatic carbocycles. The maximum atomic E-state index is 12.8. The van der Waals surface area contributed by atoms with Crippen LogP contribution in [0.5, 0.6) is 11.5 Å². The second-order valence-electron chi connectivity index (χ2n) is 6.41. The van der Waals surface area contributed by atoms with Gasteiger partial charge >= 0.3 is 11.9 Å². The molecule has 1 heterocycles. The summed E-state index contributed by atoms with van der Waals surface area (Å²) >= 11 is 0. The molecule has 2 amide bonds. The maximum absolute atomic E-state index is 12.8. The first-order chi connectivity index (χ1) is 14.8. The lowest BCUT2D eigenvalue weighted by molar-refractivity contribution is -0.132. The van der Waals surface area contributed by atoms with Gasteiger partial charge in [-0.1, -0.05) is 6.07 Å². The number of hydrogen-bond donors (Lipinski definition) is 1. The fourth-order valence-corrected chi connectivity index (χ4v) is 2.89. The van der Waals surface area contributed by atoms with Gasteiger partial charge in [0.15, 0.2) is 11.5 Å². The van der Waals surface area contributed by atoms with Gasteiger partial charge in [0.25, 0.3) is 11.8 Å². The van der Waals surface area contributed by atoms with Crippen molar-refractivity contribution in [3.05, 3.63) is 59.2 Å². The van der Waals surface area contributed by atoms with Gasteiger partial charge in [-0.15, -0.1) is 0 Å². The van der Waals surface area contributed by atoms with Crippen LogP contribution in [0.1, 0.15) is 29.8 Å². The molecule has 0 aromatic heterocycles. The van der Waals surface area contributed by atoms with E-state index in [0.29, 0.717) is 29.2 Å². The zero-order valence-electron chi connectivity index (χ0n) is 17.1. The van der Waals surface area contributed by atoms with Crippen LogP contribution in [0.3, 0.4) is 0 Å². The fraction of sp³-hybridized carbons (Fsp3) is 0.182. The van der Waals surface area contributed by atoms with E-state index in [0.717, 1.165) is 5.01 Å². The molecule has 0 spiro atoms. The first-order valence-electron chi connectivity index (χ1n) is 9.34. The molecule has 1 saturated heterocycles. The second kappa shape index (κ2) is 9.12. The Morgan fingerprint density at radius 1 is 1.06 bits per heavy atom. The minimum atomic E-state index is -0.580. The highest BCUT2D eigenvalue weighted by atomic mass is 16.6. The molecule has 1 fully saturated rings. The summed E-state index contributed by atoms with van der Waals surface area (Å²) < 4.78 is 15.2. The topological polar surface area (TPSA) is 111 Å². The number of amides is 2. The number of nitrogens with one attached hydrogen (secondary N) is 1. The van der Waals surface area contributed by atoms with Crippen molar-refractivity contribution < 1.29 is 33.4 Å². The molecule has 1 aliphatic heterocycles. The quantitative estimate of drug-likeness (QED) is 0.328. The van der Waals surface area contributed by atoms with Crippen molar-refractivity contribution in [1.82, 2.24) is 5.43 Å². The van der Waals surface area contributed by atoms with Gasteiger partial charge in [0, 0.05) is 6.92 Å². The van der Waals surface area contributed by atoms with Crippen molar-refractivity contribution in [3.63, 3.8) is 0 Å². The number of hydrogen-bond acceptors (Lipinski definition) is 7. The zero-order chi connectivity index (χ0) is 22.5. The van der Waals surface area contributed by atoms with Crippen LogP contribution in [0.15, 0.2) is 48.0 Å². The Morgan fingerprint density at radius 3 is 2.39 bits per heavy atom. The molecule has 1 aliphatic rings. The molecular formula is C22H20N2O7. The Morgan fingerprint density at radius 2 is 1.77 bits per heavy atom. The van der Waals surface area contributed by atoms with Crippen LogP contribution < -0.4 is 19.9 Å². The number of methoxy groups -OCH3 is 1. The lowest BCUT2D eigenvalue weighted by atomic mass is 10.1. The summed E-state index contributed by atoms with van der Waals surface area (Å²) in [5, 5.41) is 1.09. The highest BCUT2D eigenvalue weighted by molar-refractivity contribution is 6.31. The number of benzene rings is 2. The molecule has 0 atom stereocenters. The van der Waals surface area contributed by atoms with Crippen LogP contribution in [0.4, 0.5) is 5.69 Å². The van der Waals surface area contributed by atoms with Crippen molar-refractivity contribution in [2.75, 3.05) is 18.7 Å². The molecule has 0 saturated carbocycles. The minimum absolute atomic E-state index is 0.0836. The summed E-state index contributed by atoms with van der Waals surface area (Å²) in [5.41, 5.74) is 3.62. The van der Waals surface area contributed by atoms with Gasteiger partial charge in [-0.2, -0.15) is 0 Å². The highest BCUT2D eigenvalue weighted by Gasteiger charge is 2.34. The van der Waals surface area contributed by atoms with Crippen molar-refractivity contribution in [2.24, 2.45) is 0 Å². The number of ether oxygens (including phenoxy) is 3. The summed E-state index contributed by atoms with van der Waals surface area (Å²) in [6.45, 7) is 3.39. The Balaban J connectivity index is 1.87. The third-order valence-electron chi connectivity index (χ3n) is 4.27. The van der Waals surface area contributed by atoms with Crippen molar-refractivity contribution >= 4 is 35.5 Å². The van der Waals surface area contributed by atoms with E-state index in [4.69, 9.17) is 9.47 Å². The number of nitrogens with zero attached hydrogens (tertiary/aromatic N) is 1. The molecule has 9 heteroatoms. The Kier molecular flexibility index (Phi) is 6.35. The van der Waals surface area contributed by atoms with Gasteiger partial charge in [0.1, 0.15) is 5.57 Å². The van der Waals surface area contributed by atoms with E-state index in [2.05, 4.69) is 10.2 Å². The summed E-state index contributed by atoms with van der Waals surface area (Å²) in [5.74, 6) is -1.58. The van der Waals surface area contributed by atoms with Crippen molar-refractivity contribution in [1.29, 1.82) is 0 Å². The molecule has 2 aromatic carbocycles. The smallest absolute Gasteiger partial charge is 0.337 e. The van der Waals surface area contributed by atoms with Gasteiger partial charge in [0.05, 0.1) is 25.0 Å². The number of anilines is 1. The molecule has 31 heavy (non-hydrogen) atoms. The minimum Gasteiger partial charge on any atom is -0.490 e. The third kappa shape index (κ3) is 4.72. The maximum Gasteiger partial charge on any atom is 0.337 e. The molecular weight excluding hydrogens is 404 g/mol. The first kappa shape index (κ1) is 21.6. The molecule has 0 radical (unpaired) electrons. The van der Waals surface area contributed by atoms with Gasteiger partial charge < -0.3 is 14.2 Å². The van der Waals surface area contributed by atoms with E-state index in [1.807, 2.05) is 0 Å². The molecule has 1 N–H and O–H groups in total. The van der Waals surface area contributed by atoms with Gasteiger partial charge in [-0.3, -0.25) is 19.8 Å². The standard InChI is InChI=1S/C22H20N2O7/c1-4-30-19-12-14(5-10-18(19)31-13(2)25)11-17-20(26)23-24(21(17)27)16-8-6-15(7-9-16)22(28)29-3/h5-12H,4H2,1-3H3,(H,23,26)/b17-11+. The Hall–Kier alpha value is -4.14. The average Bonchev–Trinajstić information content (AvgIpc) is 3.03. The van der Waals surface area contributed by atoms with Crippen LogP contribution in [-0.4, -0.2) is 37.5 Å². The zero-order valence-corrected chi connectivity index (χ0v) is 17.1. The lowest BCUT2D eigenvalue weighted by Gasteiger charge is -2.14. The molecule has 9 nitrogen and oxygen atoms in total. The van der Waals surface area contributed by atoms with E-state index in [1.165, 1.54) is 50.4 Å². The predicted molar refractivity (Wildman–Crippen MR) is 110 cm³/mol. The molecule has 2 aromatic rings. The van der Waals surface area contributed by atoms with Crippen LogP contribution in [-0.2, 0) is 19.1 Å². The SMILES string of the molecule is CCOc1cc(/C=C2\C(=O)NN(c3ccc(C(=O)OC)cc3)C2=O)ccc1OC(C)=O. The van der Waals surface area contributed by atoms with Crippen LogP contribution >= 0.6 is 0 Å². The van der Waals surface area contributed by atoms with Gasteiger partial charge in [-0.25, -0.2) is 9.80 Å². The lowest BCUT2D eigenvalue weighted by Crippen LogP contribution is -2.35. The Labute approximate surface area is 178 Å². The molecule has 0 bridgehead atoms. The number of hydrazine groups is 1. The summed E-state index contributed by atoms with van der Waals surface area (Å²) in [6.07, 6.45) is 1.42. The third-order valence-corrected chi connectivity index (χ3v) is 4.27. The van der Waals surface area contributed by atoms with Crippen LogP contribution in [0, 0.1) is 0 Å². The summed E-state index contributed by atoms with van der Waals surface area (Å²) in [4.78, 5) is 48.0. The van der Waals surface area contributed by atoms with E-state index in [9.17, 15) is 19.2 Å². The van der Waals surface area contributed by atoms with Crippen molar-refractivity contribution in [2.45, 2.75) is 13.8 Å². The molecule has 0 unspecified atom stereocenters. The first-order valence-corrected chi connectivity index (χ1v) is 9.34.